The number of rotatable bonds is 4. The van der Waals surface area contributed by atoms with Gasteiger partial charge in [0.05, 0.1) is 6.61 Å². The van der Waals surface area contributed by atoms with E-state index in [2.05, 4.69) is 0 Å². The van der Waals surface area contributed by atoms with Crippen molar-refractivity contribution in [3.05, 3.63) is 0 Å². The topological polar surface area (TPSA) is 72.6 Å². The molecule has 0 bridgehead atoms. The second kappa shape index (κ2) is 6.57. The third-order valence-corrected chi connectivity index (χ3v) is 4.48. The van der Waals surface area contributed by atoms with Gasteiger partial charge in [-0.3, -0.25) is 4.79 Å². The molecule has 5 nitrogen and oxygen atoms in total. The van der Waals surface area contributed by atoms with Crippen molar-refractivity contribution in [3.8, 4) is 0 Å². The minimum absolute atomic E-state index is 0.0205. The quantitative estimate of drug-likeness (QED) is 0.795. The summed E-state index contributed by atoms with van der Waals surface area (Å²) in [5.74, 6) is -0.245. The summed E-state index contributed by atoms with van der Waals surface area (Å²) in [5, 5.41) is 0. The molecule has 0 aromatic carbocycles. The lowest BCUT2D eigenvalue weighted by Crippen LogP contribution is -2.51. The Morgan fingerprint density at radius 2 is 1.95 bits per heavy atom. The highest BCUT2D eigenvalue weighted by Gasteiger charge is 2.38. The van der Waals surface area contributed by atoms with Gasteiger partial charge >= 0.3 is 5.97 Å². The standard InChI is InChI=1S/C15H26N2O3/c1-2-20-14(19)12-7-3-6-10-17(12)13(18)11-15(16)8-4-5-9-15/h12H,2-11,16H2,1H3. The van der Waals surface area contributed by atoms with E-state index in [1.165, 1.54) is 0 Å². The van der Waals surface area contributed by atoms with Crippen LogP contribution in [-0.2, 0) is 14.3 Å². The van der Waals surface area contributed by atoms with Gasteiger partial charge < -0.3 is 15.4 Å². The molecule has 2 aliphatic rings. The number of ether oxygens (including phenoxy) is 1. The highest BCUT2D eigenvalue weighted by atomic mass is 16.5. The highest BCUT2D eigenvalue weighted by Crippen LogP contribution is 2.31. The summed E-state index contributed by atoms with van der Waals surface area (Å²) in [6, 6.07) is -0.402. The van der Waals surface area contributed by atoms with Crippen LogP contribution >= 0.6 is 0 Å². The van der Waals surface area contributed by atoms with E-state index in [1.54, 1.807) is 11.8 Å². The number of hydrogen-bond donors (Lipinski definition) is 1. The molecule has 2 fully saturated rings. The molecule has 1 atom stereocenters. The molecule has 0 aromatic heterocycles. The molecule has 20 heavy (non-hydrogen) atoms. The second-order valence-electron chi connectivity index (χ2n) is 6.10. The van der Waals surface area contributed by atoms with Crippen LogP contribution < -0.4 is 5.73 Å². The molecule has 1 aliphatic carbocycles. The van der Waals surface area contributed by atoms with Crippen LogP contribution in [0, 0.1) is 0 Å². The van der Waals surface area contributed by atoms with Crippen LogP contribution in [0.15, 0.2) is 0 Å². The molecular weight excluding hydrogens is 256 g/mol. The summed E-state index contributed by atoms with van der Waals surface area (Å²) in [6.45, 7) is 2.80. The van der Waals surface area contributed by atoms with Gasteiger partial charge in [-0.15, -0.1) is 0 Å². The van der Waals surface area contributed by atoms with E-state index >= 15 is 0 Å². The molecule has 1 saturated carbocycles. The van der Waals surface area contributed by atoms with Crippen molar-refractivity contribution in [1.82, 2.24) is 4.90 Å². The molecule has 5 heteroatoms. The van der Waals surface area contributed by atoms with Gasteiger partial charge in [0, 0.05) is 18.5 Å². The smallest absolute Gasteiger partial charge is 0.328 e. The van der Waals surface area contributed by atoms with Gasteiger partial charge in [-0.1, -0.05) is 12.8 Å². The number of piperidine rings is 1. The average molecular weight is 282 g/mol. The normalized spacial score (nSPS) is 25.5. The van der Waals surface area contributed by atoms with Gasteiger partial charge in [0.2, 0.25) is 5.91 Å². The predicted octanol–water partition coefficient (Wildman–Crippen LogP) is 1.59. The molecule has 0 aromatic rings. The molecule has 2 rings (SSSR count). The number of carbonyl (C=O) groups excluding carboxylic acids is 2. The third-order valence-electron chi connectivity index (χ3n) is 4.48. The highest BCUT2D eigenvalue weighted by molar-refractivity contribution is 5.85. The summed E-state index contributed by atoms with van der Waals surface area (Å²) >= 11 is 0. The molecular formula is C15H26N2O3. The fraction of sp³-hybridized carbons (Fsp3) is 0.867. The van der Waals surface area contributed by atoms with Crippen LogP contribution in [0.2, 0.25) is 0 Å². The van der Waals surface area contributed by atoms with E-state index in [0.29, 0.717) is 26.0 Å². The van der Waals surface area contributed by atoms with E-state index in [-0.39, 0.29) is 17.4 Å². The van der Waals surface area contributed by atoms with E-state index in [9.17, 15) is 9.59 Å². The average Bonchev–Trinajstić information content (AvgIpc) is 2.85. The monoisotopic (exact) mass is 282 g/mol. The van der Waals surface area contributed by atoms with Gasteiger partial charge in [-0.05, 0) is 39.0 Å². The molecule has 1 unspecified atom stereocenters. The number of likely N-dealkylation sites (tertiary alicyclic amines) is 1. The number of nitrogens with two attached hydrogens (primary N) is 1. The SMILES string of the molecule is CCOC(=O)C1CCCCN1C(=O)CC1(N)CCCC1. The van der Waals surface area contributed by atoms with Gasteiger partial charge in [0.1, 0.15) is 6.04 Å². The first kappa shape index (κ1) is 15.3. The largest absolute Gasteiger partial charge is 0.464 e. The lowest BCUT2D eigenvalue weighted by molar-refractivity contribution is -0.157. The Morgan fingerprint density at radius 3 is 2.60 bits per heavy atom. The van der Waals surface area contributed by atoms with Crippen LogP contribution in [0.1, 0.15) is 58.3 Å². The first-order valence-corrected chi connectivity index (χ1v) is 7.81. The third kappa shape index (κ3) is 3.51. The maximum atomic E-state index is 12.5. The fourth-order valence-corrected chi connectivity index (χ4v) is 3.37. The van der Waals surface area contributed by atoms with Crippen molar-refractivity contribution in [3.63, 3.8) is 0 Å². The summed E-state index contributed by atoms with van der Waals surface area (Å²) < 4.78 is 5.09. The molecule has 0 spiro atoms. The minimum Gasteiger partial charge on any atom is -0.464 e. The zero-order valence-corrected chi connectivity index (χ0v) is 12.4. The van der Waals surface area contributed by atoms with Crippen molar-refractivity contribution < 1.29 is 14.3 Å². The Labute approximate surface area is 120 Å². The van der Waals surface area contributed by atoms with Crippen LogP contribution in [0.25, 0.3) is 0 Å². The van der Waals surface area contributed by atoms with Crippen molar-refractivity contribution in [2.75, 3.05) is 13.2 Å². The van der Waals surface area contributed by atoms with Crippen LogP contribution in [-0.4, -0.2) is 41.5 Å². The first-order valence-electron chi connectivity index (χ1n) is 7.81. The Morgan fingerprint density at radius 1 is 1.25 bits per heavy atom. The predicted molar refractivity (Wildman–Crippen MR) is 76.0 cm³/mol. The maximum Gasteiger partial charge on any atom is 0.328 e. The Bertz CT molecular complexity index is 364. The Hall–Kier alpha value is -1.10. The van der Waals surface area contributed by atoms with E-state index in [1.807, 2.05) is 0 Å². The number of hydrogen-bond acceptors (Lipinski definition) is 4. The summed E-state index contributed by atoms with van der Waals surface area (Å²) in [7, 11) is 0. The van der Waals surface area contributed by atoms with Gasteiger partial charge in [0.25, 0.3) is 0 Å². The lowest BCUT2D eigenvalue weighted by Gasteiger charge is -2.36. The lowest BCUT2D eigenvalue weighted by atomic mass is 9.92. The van der Waals surface area contributed by atoms with Gasteiger partial charge in [-0.2, -0.15) is 0 Å². The number of esters is 1. The van der Waals surface area contributed by atoms with Gasteiger partial charge in [-0.25, -0.2) is 4.79 Å². The summed E-state index contributed by atoms with van der Waals surface area (Å²) in [4.78, 5) is 26.2. The zero-order valence-electron chi connectivity index (χ0n) is 12.4. The molecule has 1 aliphatic heterocycles. The molecule has 1 heterocycles. The maximum absolute atomic E-state index is 12.5. The van der Waals surface area contributed by atoms with E-state index in [0.717, 1.165) is 38.5 Å². The second-order valence-corrected chi connectivity index (χ2v) is 6.10. The molecule has 114 valence electrons. The number of carbonyl (C=O) groups is 2. The minimum atomic E-state index is -0.402. The Kier molecular flexibility index (Phi) is 5.02. The summed E-state index contributed by atoms with van der Waals surface area (Å²) in [6.07, 6.45) is 7.04. The van der Waals surface area contributed by atoms with Crippen LogP contribution in [0.5, 0.6) is 0 Å². The van der Waals surface area contributed by atoms with Crippen LogP contribution in [0.3, 0.4) is 0 Å². The Balaban J connectivity index is 1.99. The van der Waals surface area contributed by atoms with Crippen molar-refractivity contribution in [2.45, 2.75) is 69.9 Å². The molecule has 1 amide bonds. The van der Waals surface area contributed by atoms with Crippen molar-refractivity contribution in [2.24, 2.45) is 5.73 Å². The van der Waals surface area contributed by atoms with Crippen molar-refractivity contribution in [1.29, 1.82) is 0 Å². The number of nitrogens with zero attached hydrogens (tertiary/aromatic N) is 1. The molecule has 0 radical (unpaired) electrons. The van der Waals surface area contributed by atoms with Gasteiger partial charge in [0.15, 0.2) is 0 Å². The van der Waals surface area contributed by atoms with E-state index < -0.39 is 6.04 Å². The molecule has 2 N–H and O–H groups in total. The van der Waals surface area contributed by atoms with Crippen molar-refractivity contribution >= 4 is 11.9 Å². The van der Waals surface area contributed by atoms with Crippen LogP contribution in [0.4, 0.5) is 0 Å². The first-order chi connectivity index (χ1) is 9.56. The van der Waals surface area contributed by atoms with E-state index in [4.69, 9.17) is 10.5 Å². The molecule has 1 saturated heterocycles. The fourth-order valence-electron chi connectivity index (χ4n) is 3.37. The number of amides is 1. The summed E-state index contributed by atoms with van der Waals surface area (Å²) in [5.41, 5.74) is 5.93. The zero-order chi connectivity index (χ0) is 14.6.